The second-order valence-corrected chi connectivity index (χ2v) is 6.10. The Morgan fingerprint density at radius 2 is 1.96 bits per heavy atom. The number of hydrogen-bond acceptors (Lipinski definition) is 3. The zero-order valence-electron chi connectivity index (χ0n) is 13.1. The molecule has 0 saturated heterocycles. The third-order valence-corrected chi connectivity index (χ3v) is 4.34. The van der Waals surface area contributed by atoms with Gasteiger partial charge in [0.05, 0.1) is 11.0 Å². The number of urea groups is 1. The number of imidazole rings is 1. The van der Waals surface area contributed by atoms with Crippen LogP contribution in [0.5, 0.6) is 0 Å². The molecule has 0 saturated carbocycles. The van der Waals surface area contributed by atoms with E-state index in [1.165, 1.54) is 4.90 Å². The van der Waals surface area contributed by atoms with Crippen LogP contribution in [0.4, 0.5) is 4.79 Å². The van der Waals surface area contributed by atoms with E-state index in [-0.39, 0.29) is 6.03 Å². The predicted molar refractivity (Wildman–Crippen MR) is 94.2 cm³/mol. The second-order valence-electron chi connectivity index (χ2n) is 5.22. The largest absolute Gasteiger partial charge is 0.336 e. The van der Waals surface area contributed by atoms with Crippen LogP contribution >= 0.6 is 11.8 Å². The van der Waals surface area contributed by atoms with Crippen LogP contribution in [-0.2, 0) is 6.54 Å². The van der Waals surface area contributed by atoms with Crippen molar-refractivity contribution in [3.63, 3.8) is 0 Å². The van der Waals surface area contributed by atoms with Crippen molar-refractivity contribution >= 4 is 28.8 Å². The number of fused-ring (bicyclic) bond motifs is 1. The highest BCUT2D eigenvalue weighted by Gasteiger charge is 2.11. The first-order valence-corrected chi connectivity index (χ1v) is 8.47. The third-order valence-electron chi connectivity index (χ3n) is 3.60. The Morgan fingerprint density at radius 3 is 2.70 bits per heavy atom. The molecule has 1 N–H and O–H groups in total. The van der Waals surface area contributed by atoms with Gasteiger partial charge in [-0.15, -0.1) is 11.8 Å². The van der Waals surface area contributed by atoms with Gasteiger partial charge in [0.1, 0.15) is 6.33 Å². The number of amides is 2. The third kappa shape index (κ3) is 3.48. The summed E-state index contributed by atoms with van der Waals surface area (Å²) in [7, 11) is 1.77. The number of nitrogens with zero attached hydrogens (tertiary/aromatic N) is 3. The van der Waals surface area contributed by atoms with Crippen LogP contribution in [0.2, 0.25) is 0 Å². The van der Waals surface area contributed by atoms with E-state index in [4.69, 9.17) is 0 Å². The number of benzene rings is 2. The molecule has 0 radical (unpaired) electrons. The lowest BCUT2D eigenvalue weighted by atomic mass is 10.2. The Morgan fingerprint density at radius 1 is 1.22 bits per heavy atom. The molecule has 0 aliphatic heterocycles. The lowest BCUT2D eigenvalue weighted by Gasteiger charge is -2.18. The van der Waals surface area contributed by atoms with Crippen molar-refractivity contribution in [2.45, 2.75) is 11.4 Å². The van der Waals surface area contributed by atoms with Crippen molar-refractivity contribution in [1.29, 1.82) is 0 Å². The summed E-state index contributed by atoms with van der Waals surface area (Å²) in [5.74, 6) is 0. The summed E-state index contributed by atoms with van der Waals surface area (Å²) < 4.78 is 1.64. The molecule has 0 unspecified atom stereocenters. The number of aromatic nitrogens is 2. The first kappa shape index (κ1) is 15.4. The molecule has 0 aliphatic carbocycles. The van der Waals surface area contributed by atoms with Crippen LogP contribution in [0.1, 0.15) is 5.56 Å². The molecule has 2 amide bonds. The molecule has 5 nitrogen and oxygen atoms in total. The molecule has 118 valence electrons. The quantitative estimate of drug-likeness (QED) is 0.746. The molecule has 1 heterocycles. The lowest BCUT2D eigenvalue weighted by Crippen LogP contribution is -2.35. The average molecular weight is 326 g/mol. The topological polar surface area (TPSA) is 50.2 Å². The fourth-order valence-electron chi connectivity index (χ4n) is 2.31. The first-order valence-electron chi connectivity index (χ1n) is 7.24. The summed E-state index contributed by atoms with van der Waals surface area (Å²) in [6.45, 7) is 0.549. The van der Waals surface area contributed by atoms with Gasteiger partial charge in [-0.3, -0.25) is 0 Å². The van der Waals surface area contributed by atoms with Crippen molar-refractivity contribution in [2.24, 2.45) is 0 Å². The molecule has 0 fully saturated rings. The fraction of sp³-hybridized carbons (Fsp3) is 0.176. The van der Waals surface area contributed by atoms with Crippen LogP contribution in [0.3, 0.4) is 0 Å². The Kier molecular flexibility index (Phi) is 4.52. The summed E-state index contributed by atoms with van der Waals surface area (Å²) in [5, 5.41) is 0. The highest BCUT2D eigenvalue weighted by atomic mass is 32.2. The minimum atomic E-state index is -0.179. The van der Waals surface area contributed by atoms with Gasteiger partial charge in [-0.2, -0.15) is 0 Å². The van der Waals surface area contributed by atoms with E-state index < -0.39 is 0 Å². The normalized spacial score (nSPS) is 10.7. The highest BCUT2D eigenvalue weighted by molar-refractivity contribution is 7.98. The maximum Gasteiger partial charge on any atom is 0.336 e. The molecule has 0 spiro atoms. The smallest absolute Gasteiger partial charge is 0.322 e. The van der Waals surface area contributed by atoms with Crippen molar-refractivity contribution in [3.05, 3.63) is 60.4 Å². The molecule has 0 aliphatic rings. The van der Waals surface area contributed by atoms with E-state index in [1.54, 1.807) is 34.7 Å². The van der Waals surface area contributed by atoms with Crippen LogP contribution in [0.15, 0.2) is 59.8 Å². The van der Waals surface area contributed by atoms with Gasteiger partial charge >= 0.3 is 6.03 Å². The Bertz CT molecular complexity index is 813. The van der Waals surface area contributed by atoms with Crippen LogP contribution in [-0.4, -0.2) is 33.9 Å². The molecule has 1 aromatic heterocycles. The van der Waals surface area contributed by atoms with Crippen molar-refractivity contribution in [3.8, 4) is 0 Å². The summed E-state index contributed by atoms with van der Waals surface area (Å²) in [6, 6.07) is 15.7. The zero-order chi connectivity index (χ0) is 16.2. The predicted octanol–water partition coefficient (Wildman–Crippen LogP) is 3.55. The maximum absolute atomic E-state index is 12.3. The number of para-hydroxylation sites is 2. The maximum atomic E-state index is 12.3. The average Bonchev–Trinajstić information content (AvgIpc) is 2.98. The summed E-state index contributed by atoms with van der Waals surface area (Å²) in [5.41, 5.74) is 5.66. The van der Waals surface area contributed by atoms with E-state index in [9.17, 15) is 4.79 Å². The first-order chi connectivity index (χ1) is 11.2. The van der Waals surface area contributed by atoms with Gasteiger partial charge < -0.3 is 4.90 Å². The van der Waals surface area contributed by atoms with Crippen LogP contribution in [0.25, 0.3) is 11.0 Å². The molecule has 3 rings (SSSR count). The molecule has 0 atom stereocenters. The fourth-order valence-corrected chi connectivity index (χ4v) is 2.72. The highest BCUT2D eigenvalue weighted by Crippen LogP contribution is 2.16. The number of hydrogen-bond donors (Lipinski definition) is 1. The molecule has 23 heavy (non-hydrogen) atoms. The van der Waals surface area contributed by atoms with Crippen LogP contribution < -0.4 is 5.43 Å². The molecule has 3 aromatic rings. The van der Waals surface area contributed by atoms with Crippen molar-refractivity contribution in [2.75, 3.05) is 18.7 Å². The summed E-state index contributed by atoms with van der Waals surface area (Å²) >= 11 is 1.70. The van der Waals surface area contributed by atoms with E-state index in [0.29, 0.717) is 6.54 Å². The van der Waals surface area contributed by atoms with E-state index in [2.05, 4.69) is 22.5 Å². The van der Waals surface area contributed by atoms with Gasteiger partial charge in [0.15, 0.2) is 0 Å². The number of rotatable bonds is 4. The summed E-state index contributed by atoms with van der Waals surface area (Å²) in [6.07, 6.45) is 3.66. The van der Waals surface area contributed by atoms with Crippen molar-refractivity contribution in [1.82, 2.24) is 14.6 Å². The number of nitrogens with one attached hydrogen (secondary N) is 1. The van der Waals surface area contributed by atoms with E-state index in [0.717, 1.165) is 16.6 Å². The minimum absolute atomic E-state index is 0.179. The molecule has 6 heteroatoms. The number of carbonyl (C=O) groups is 1. The van der Waals surface area contributed by atoms with Crippen molar-refractivity contribution < 1.29 is 4.79 Å². The number of thioether (sulfide) groups is 1. The van der Waals surface area contributed by atoms with Gasteiger partial charge in [-0.25, -0.2) is 19.9 Å². The Hall–Kier alpha value is -2.47. The molecular formula is C17H18N4OS. The van der Waals surface area contributed by atoms with Gasteiger partial charge in [-0.1, -0.05) is 24.3 Å². The SMILES string of the molecule is CSc1ccc(CN(C)C(=O)Nn2cnc3ccccc32)cc1. The zero-order valence-corrected chi connectivity index (χ0v) is 13.9. The van der Waals surface area contributed by atoms with Crippen LogP contribution in [0, 0.1) is 0 Å². The lowest BCUT2D eigenvalue weighted by molar-refractivity contribution is 0.217. The van der Waals surface area contributed by atoms with Gasteiger partial charge in [-0.05, 0) is 36.1 Å². The van der Waals surface area contributed by atoms with E-state index >= 15 is 0 Å². The molecule has 2 aromatic carbocycles. The number of carbonyl (C=O) groups excluding carboxylic acids is 1. The Balaban J connectivity index is 1.67. The standard InChI is InChI=1S/C17H18N4OS/c1-20(11-13-7-9-14(23-2)10-8-13)17(22)19-21-12-18-15-5-3-4-6-16(15)21/h3-10,12H,11H2,1-2H3,(H,19,22). The monoisotopic (exact) mass is 326 g/mol. The molecular weight excluding hydrogens is 308 g/mol. The Labute approximate surface area is 139 Å². The van der Waals surface area contributed by atoms with Gasteiger partial charge in [0, 0.05) is 18.5 Å². The summed E-state index contributed by atoms with van der Waals surface area (Å²) in [4.78, 5) is 19.5. The van der Waals surface area contributed by atoms with Gasteiger partial charge in [0.2, 0.25) is 0 Å². The minimum Gasteiger partial charge on any atom is -0.322 e. The second kappa shape index (κ2) is 6.75. The molecule has 0 bridgehead atoms. The van der Waals surface area contributed by atoms with E-state index in [1.807, 2.05) is 42.7 Å². The van der Waals surface area contributed by atoms with Gasteiger partial charge in [0.25, 0.3) is 0 Å².